The molecule has 4 rings (SSSR count). The minimum Gasteiger partial charge on any atom is -0.452 e. The van der Waals surface area contributed by atoms with Gasteiger partial charge in [-0.25, -0.2) is 18.2 Å². The molecule has 174 valence electrons. The van der Waals surface area contributed by atoms with Gasteiger partial charge in [0.05, 0.1) is 25.7 Å². The molecule has 0 saturated carbocycles. The van der Waals surface area contributed by atoms with Gasteiger partial charge in [-0.15, -0.1) is 0 Å². The van der Waals surface area contributed by atoms with E-state index in [1.807, 2.05) is 25.1 Å². The van der Waals surface area contributed by atoms with Crippen LogP contribution in [0.4, 0.5) is 5.13 Å². The first kappa shape index (κ1) is 23.6. The Morgan fingerprint density at radius 1 is 1.15 bits per heavy atom. The molecule has 8 nitrogen and oxygen atoms in total. The van der Waals surface area contributed by atoms with E-state index in [0.29, 0.717) is 18.2 Å². The number of halogens is 1. The molecule has 1 fully saturated rings. The molecular weight excluding hydrogens is 486 g/mol. The van der Waals surface area contributed by atoms with E-state index < -0.39 is 28.5 Å². The number of nitrogens with zero attached hydrogens (tertiary/aromatic N) is 2. The first-order valence-corrected chi connectivity index (χ1v) is 13.0. The number of piperidine rings is 1. The lowest BCUT2D eigenvalue weighted by atomic mass is 10.2. The van der Waals surface area contributed by atoms with E-state index in [1.54, 1.807) is 0 Å². The summed E-state index contributed by atoms with van der Waals surface area (Å²) in [5.41, 5.74) is 1.73. The minimum absolute atomic E-state index is 0.0324. The van der Waals surface area contributed by atoms with Gasteiger partial charge in [0.2, 0.25) is 10.0 Å². The predicted molar refractivity (Wildman–Crippen MR) is 127 cm³/mol. The average Bonchev–Trinajstić information content (AvgIpc) is 3.19. The number of benzene rings is 2. The maximum absolute atomic E-state index is 12.9. The third-order valence-corrected chi connectivity index (χ3v) is 8.39. The van der Waals surface area contributed by atoms with Crippen LogP contribution in [-0.2, 0) is 19.6 Å². The number of fused-ring (bicyclic) bond motifs is 1. The van der Waals surface area contributed by atoms with E-state index in [-0.39, 0.29) is 15.5 Å². The Balaban J connectivity index is 1.42. The van der Waals surface area contributed by atoms with E-state index in [1.165, 1.54) is 33.8 Å². The second kappa shape index (κ2) is 9.76. The smallest absolute Gasteiger partial charge is 0.340 e. The van der Waals surface area contributed by atoms with Crippen LogP contribution in [0.2, 0.25) is 5.02 Å². The van der Waals surface area contributed by atoms with Crippen LogP contribution < -0.4 is 5.32 Å². The molecule has 0 radical (unpaired) electrons. The lowest BCUT2D eigenvalue weighted by Crippen LogP contribution is -2.35. The molecule has 0 unspecified atom stereocenters. The number of amides is 1. The summed E-state index contributed by atoms with van der Waals surface area (Å²) in [6.07, 6.45) is 2.58. The normalized spacial score (nSPS) is 14.8. The van der Waals surface area contributed by atoms with E-state index >= 15 is 0 Å². The Bertz CT molecular complexity index is 1320. The third-order valence-electron chi connectivity index (χ3n) is 5.24. The summed E-state index contributed by atoms with van der Waals surface area (Å²) in [6.45, 7) is 2.29. The quantitative estimate of drug-likeness (QED) is 0.500. The Hall–Kier alpha value is -2.53. The highest BCUT2D eigenvalue weighted by molar-refractivity contribution is 7.89. The van der Waals surface area contributed by atoms with Crippen LogP contribution in [-0.4, -0.2) is 49.3 Å². The maximum Gasteiger partial charge on any atom is 0.340 e. The molecule has 1 saturated heterocycles. The summed E-state index contributed by atoms with van der Waals surface area (Å²) in [6, 6.07) is 9.67. The van der Waals surface area contributed by atoms with E-state index in [9.17, 15) is 18.0 Å². The molecule has 11 heteroatoms. The average molecular weight is 508 g/mol. The number of aryl methyl sites for hydroxylation is 1. The molecule has 0 bridgehead atoms. The van der Waals surface area contributed by atoms with Crippen molar-refractivity contribution < 1.29 is 22.7 Å². The molecule has 2 heterocycles. The number of carbonyl (C=O) groups is 2. The van der Waals surface area contributed by atoms with Crippen molar-refractivity contribution in [1.29, 1.82) is 0 Å². The molecule has 2 aromatic carbocycles. The topological polar surface area (TPSA) is 106 Å². The Kier molecular flexibility index (Phi) is 6.99. The van der Waals surface area contributed by atoms with Crippen molar-refractivity contribution in [3.63, 3.8) is 0 Å². The molecule has 1 aliphatic heterocycles. The maximum atomic E-state index is 12.9. The zero-order chi connectivity index (χ0) is 23.6. The number of carbonyl (C=O) groups excluding carboxylic acids is 2. The minimum atomic E-state index is -3.74. The molecule has 1 aliphatic rings. The number of anilines is 1. The van der Waals surface area contributed by atoms with Gasteiger partial charge >= 0.3 is 5.97 Å². The first-order valence-electron chi connectivity index (χ1n) is 10.4. The molecule has 1 N–H and O–H groups in total. The zero-order valence-electron chi connectivity index (χ0n) is 17.8. The van der Waals surface area contributed by atoms with Gasteiger partial charge in [0, 0.05) is 13.1 Å². The summed E-state index contributed by atoms with van der Waals surface area (Å²) < 4.78 is 33.2. The fraction of sp³-hybridized carbons (Fsp3) is 0.318. The molecule has 33 heavy (non-hydrogen) atoms. The highest BCUT2D eigenvalue weighted by atomic mass is 35.5. The van der Waals surface area contributed by atoms with Crippen LogP contribution in [0.1, 0.15) is 35.2 Å². The second-order valence-electron chi connectivity index (χ2n) is 7.72. The fourth-order valence-electron chi connectivity index (χ4n) is 3.53. The molecule has 1 amide bonds. The Morgan fingerprint density at radius 3 is 2.67 bits per heavy atom. The van der Waals surface area contributed by atoms with Gasteiger partial charge in [-0.2, -0.15) is 4.31 Å². The predicted octanol–water partition coefficient (Wildman–Crippen LogP) is 4.23. The van der Waals surface area contributed by atoms with Crippen LogP contribution in [0, 0.1) is 6.92 Å². The number of aromatic nitrogens is 1. The molecule has 0 spiro atoms. The Labute approximate surface area is 200 Å². The van der Waals surface area contributed by atoms with Gasteiger partial charge in [-0.3, -0.25) is 10.1 Å². The van der Waals surface area contributed by atoms with Crippen molar-refractivity contribution in [3.05, 3.63) is 52.5 Å². The van der Waals surface area contributed by atoms with Gasteiger partial charge in [-0.1, -0.05) is 35.4 Å². The van der Waals surface area contributed by atoms with E-state index in [4.69, 9.17) is 16.3 Å². The lowest BCUT2D eigenvalue weighted by Gasteiger charge is -2.26. The standard InChI is InChI=1S/C22H22ClN3O5S2/c1-14-5-8-18-19(11-14)32-22(24-18)25-20(27)13-31-21(28)16-12-15(6-7-17(16)23)33(29,30)26-9-3-2-4-10-26/h5-8,11-12H,2-4,9-10,13H2,1H3,(H,24,25,27). The van der Waals surface area contributed by atoms with Crippen molar-refractivity contribution in [3.8, 4) is 0 Å². The van der Waals surface area contributed by atoms with Gasteiger partial charge in [-0.05, 0) is 55.7 Å². The van der Waals surface area contributed by atoms with Crippen molar-refractivity contribution >= 4 is 60.2 Å². The zero-order valence-corrected chi connectivity index (χ0v) is 20.2. The Morgan fingerprint density at radius 2 is 1.91 bits per heavy atom. The lowest BCUT2D eigenvalue weighted by molar-refractivity contribution is -0.119. The van der Waals surface area contributed by atoms with Crippen LogP contribution in [0.25, 0.3) is 10.2 Å². The van der Waals surface area contributed by atoms with Crippen LogP contribution in [0.5, 0.6) is 0 Å². The summed E-state index contributed by atoms with van der Waals surface area (Å²) in [4.78, 5) is 29.1. The number of rotatable bonds is 6. The molecule has 0 aliphatic carbocycles. The van der Waals surface area contributed by atoms with Crippen molar-refractivity contribution in [2.24, 2.45) is 0 Å². The number of sulfonamides is 1. The van der Waals surface area contributed by atoms with Gasteiger partial charge in [0.1, 0.15) is 0 Å². The van der Waals surface area contributed by atoms with Crippen molar-refractivity contribution in [2.45, 2.75) is 31.1 Å². The molecule has 1 aromatic heterocycles. The molecular formula is C22H22ClN3O5S2. The third kappa shape index (κ3) is 5.35. The molecule has 3 aromatic rings. The number of thiazole rings is 1. The van der Waals surface area contributed by atoms with Crippen molar-refractivity contribution in [1.82, 2.24) is 9.29 Å². The number of hydrogen-bond donors (Lipinski definition) is 1. The number of nitrogens with one attached hydrogen (secondary N) is 1. The summed E-state index contributed by atoms with van der Waals surface area (Å²) in [5, 5.41) is 3.04. The van der Waals surface area contributed by atoms with E-state index in [0.717, 1.165) is 35.0 Å². The van der Waals surface area contributed by atoms with Gasteiger partial charge < -0.3 is 4.74 Å². The van der Waals surface area contributed by atoms with Crippen molar-refractivity contribution in [2.75, 3.05) is 25.0 Å². The van der Waals surface area contributed by atoms with Gasteiger partial charge in [0.15, 0.2) is 11.7 Å². The largest absolute Gasteiger partial charge is 0.452 e. The number of esters is 1. The van der Waals surface area contributed by atoms with Gasteiger partial charge in [0.25, 0.3) is 5.91 Å². The number of ether oxygens (including phenoxy) is 1. The number of hydrogen-bond acceptors (Lipinski definition) is 7. The highest BCUT2D eigenvalue weighted by Crippen LogP contribution is 2.27. The summed E-state index contributed by atoms with van der Waals surface area (Å²) >= 11 is 7.43. The SMILES string of the molecule is Cc1ccc2nc(NC(=O)COC(=O)c3cc(S(=O)(=O)N4CCCCC4)ccc3Cl)sc2c1. The summed E-state index contributed by atoms with van der Waals surface area (Å²) in [7, 11) is -3.74. The molecule has 0 atom stereocenters. The van der Waals surface area contributed by atoms with Crippen LogP contribution in [0.15, 0.2) is 41.3 Å². The second-order valence-corrected chi connectivity index (χ2v) is 11.1. The monoisotopic (exact) mass is 507 g/mol. The summed E-state index contributed by atoms with van der Waals surface area (Å²) in [5.74, 6) is -1.45. The fourth-order valence-corrected chi connectivity index (χ4v) is 6.24. The van der Waals surface area contributed by atoms with E-state index in [2.05, 4.69) is 10.3 Å². The first-order chi connectivity index (χ1) is 15.7. The highest BCUT2D eigenvalue weighted by Gasteiger charge is 2.27. The van der Waals surface area contributed by atoms with Crippen LogP contribution >= 0.6 is 22.9 Å². The van der Waals surface area contributed by atoms with Crippen LogP contribution in [0.3, 0.4) is 0 Å².